The molecular weight excluding hydrogens is 331 g/mol. The van der Waals surface area contributed by atoms with Crippen LogP contribution in [0.4, 0.5) is 4.39 Å². The molecule has 0 aromatic heterocycles. The highest BCUT2D eigenvalue weighted by atomic mass is 19.1. The van der Waals surface area contributed by atoms with E-state index in [9.17, 15) is 4.39 Å². The molecule has 27 heavy (non-hydrogen) atoms. The molecule has 0 bridgehead atoms. The third-order valence-corrected chi connectivity index (χ3v) is 10.1. The number of allylic oxidation sites excluding steroid dienone is 2. The zero-order chi connectivity index (χ0) is 18.9. The van der Waals surface area contributed by atoms with Crippen molar-refractivity contribution in [1.82, 2.24) is 0 Å². The second kappa shape index (κ2) is 5.94. The van der Waals surface area contributed by atoms with Gasteiger partial charge in [-0.15, -0.1) is 0 Å². The van der Waals surface area contributed by atoms with Gasteiger partial charge in [-0.25, -0.2) is 4.39 Å². The van der Waals surface area contributed by atoms with Gasteiger partial charge in [-0.05, 0) is 109 Å². The van der Waals surface area contributed by atoms with Gasteiger partial charge < -0.3 is 0 Å². The van der Waals surface area contributed by atoms with Gasteiger partial charge in [0.15, 0.2) is 0 Å². The Hall–Kier alpha value is -1.11. The Kier molecular flexibility index (Phi) is 3.95. The lowest BCUT2D eigenvalue weighted by Gasteiger charge is -2.60. The van der Waals surface area contributed by atoms with Gasteiger partial charge in [0.1, 0.15) is 5.82 Å². The molecule has 4 aliphatic carbocycles. The molecule has 3 fully saturated rings. The molecule has 0 nitrogen and oxygen atoms in total. The first-order valence-corrected chi connectivity index (χ1v) is 11.3. The lowest BCUT2D eigenvalue weighted by molar-refractivity contribution is -0.0564. The van der Waals surface area contributed by atoms with Crippen LogP contribution in [0.2, 0.25) is 0 Å². The van der Waals surface area contributed by atoms with Crippen LogP contribution in [0.15, 0.2) is 35.9 Å². The second-order valence-electron chi connectivity index (χ2n) is 10.8. The molecule has 0 aliphatic heterocycles. The quantitative estimate of drug-likeness (QED) is 0.453. The Morgan fingerprint density at radius 2 is 1.78 bits per heavy atom. The third kappa shape index (κ3) is 2.33. The average Bonchev–Trinajstić information content (AvgIpc) is 2.94. The first-order chi connectivity index (χ1) is 12.9. The van der Waals surface area contributed by atoms with E-state index in [0.29, 0.717) is 10.8 Å². The highest BCUT2D eigenvalue weighted by Gasteiger charge is 2.62. The van der Waals surface area contributed by atoms with Crippen molar-refractivity contribution in [3.05, 3.63) is 47.3 Å². The summed E-state index contributed by atoms with van der Waals surface area (Å²) in [5.41, 5.74) is 3.94. The van der Waals surface area contributed by atoms with E-state index in [1.807, 2.05) is 12.1 Å². The maximum Gasteiger partial charge on any atom is 0.123 e. The molecule has 1 aromatic carbocycles. The molecule has 1 aromatic rings. The molecule has 1 heteroatoms. The molecule has 6 atom stereocenters. The van der Waals surface area contributed by atoms with Gasteiger partial charge in [-0.3, -0.25) is 0 Å². The molecule has 1 unspecified atom stereocenters. The van der Waals surface area contributed by atoms with Crippen LogP contribution < -0.4 is 0 Å². The summed E-state index contributed by atoms with van der Waals surface area (Å²) in [6.07, 6.45) is 14.7. The van der Waals surface area contributed by atoms with Crippen molar-refractivity contribution >= 4 is 0 Å². The standard InChI is InChI=1S/C26H35F/c1-24-14-5-4-7-18(24)10-11-21-22(24)12-16-26(3)23(21)13-15-25(26,2)19-8-6-9-20(27)17-19/h6-9,17,21-23H,4-5,10-16H2,1-3H3/t21?,22-,23-,24-,25+,26-/m0/s1. The minimum Gasteiger partial charge on any atom is -0.207 e. The van der Waals surface area contributed by atoms with E-state index < -0.39 is 0 Å². The van der Waals surface area contributed by atoms with Crippen LogP contribution in [0, 0.1) is 34.4 Å². The van der Waals surface area contributed by atoms with Gasteiger partial charge in [0.25, 0.3) is 0 Å². The summed E-state index contributed by atoms with van der Waals surface area (Å²) in [7, 11) is 0. The number of rotatable bonds is 1. The van der Waals surface area contributed by atoms with E-state index >= 15 is 0 Å². The zero-order valence-corrected chi connectivity index (χ0v) is 17.4. The fourth-order valence-electron chi connectivity index (χ4n) is 8.33. The van der Waals surface area contributed by atoms with Gasteiger partial charge in [-0.1, -0.05) is 44.6 Å². The Morgan fingerprint density at radius 3 is 2.59 bits per heavy atom. The first kappa shape index (κ1) is 18.0. The summed E-state index contributed by atoms with van der Waals surface area (Å²) in [5, 5.41) is 0. The van der Waals surface area contributed by atoms with Crippen molar-refractivity contribution in [1.29, 1.82) is 0 Å². The van der Waals surface area contributed by atoms with Crippen LogP contribution in [0.25, 0.3) is 0 Å². The number of hydrogen-bond acceptors (Lipinski definition) is 0. The molecule has 0 amide bonds. The van der Waals surface area contributed by atoms with Gasteiger partial charge in [0, 0.05) is 0 Å². The Labute approximate surface area is 164 Å². The number of fused-ring (bicyclic) bond motifs is 5. The van der Waals surface area contributed by atoms with Gasteiger partial charge >= 0.3 is 0 Å². The van der Waals surface area contributed by atoms with E-state index in [4.69, 9.17) is 0 Å². The normalized spacial score (nSPS) is 46.2. The predicted molar refractivity (Wildman–Crippen MR) is 110 cm³/mol. The second-order valence-corrected chi connectivity index (χ2v) is 10.8. The van der Waals surface area contributed by atoms with E-state index in [-0.39, 0.29) is 11.2 Å². The fourth-order valence-corrected chi connectivity index (χ4v) is 8.33. The summed E-state index contributed by atoms with van der Waals surface area (Å²) in [6.45, 7) is 7.59. The van der Waals surface area contributed by atoms with E-state index in [1.54, 1.807) is 11.6 Å². The van der Waals surface area contributed by atoms with E-state index in [1.165, 1.54) is 63.4 Å². The van der Waals surface area contributed by atoms with Crippen LogP contribution in [-0.4, -0.2) is 0 Å². The van der Waals surface area contributed by atoms with Crippen molar-refractivity contribution in [2.45, 2.75) is 84.0 Å². The molecule has 0 heterocycles. The van der Waals surface area contributed by atoms with Crippen LogP contribution in [0.5, 0.6) is 0 Å². The van der Waals surface area contributed by atoms with Crippen molar-refractivity contribution in [3.63, 3.8) is 0 Å². The molecule has 0 spiro atoms. The maximum atomic E-state index is 14.0. The zero-order valence-electron chi connectivity index (χ0n) is 17.4. The minimum absolute atomic E-state index is 0.0726. The van der Waals surface area contributed by atoms with Crippen molar-refractivity contribution in [3.8, 4) is 0 Å². The van der Waals surface area contributed by atoms with Crippen LogP contribution >= 0.6 is 0 Å². The molecule has 4 aliphatic rings. The summed E-state index contributed by atoms with van der Waals surface area (Å²) in [5.74, 6) is 2.49. The molecule has 0 saturated heterocycles. The molecular formula is C26H35F. The van der Waals surface area contributed by atoms with Crippen LogP contribution in [-0.2, 0) is 5.41 Å². The molecule has 3 saturated carbocycles. The largest absolute Gasteiger partial charge is 0.207 e. The van der Waals surface area contributed by atoms with Gasteiger partial charge in [-0.2, -0.15) is 0 Å². The molecule has 5 rings (SSSR count). The monoisotopic (exact) mass is 366 g/mol. The van der Waals surface area contributed by atoms with E-state index in [2.05, 4.69) is 32.9 Å². The third-order valence-electron chi connectivity index (χ3n) is 10.1. The predicted octanol–water partition coefficient (Wildman–Crippen LogP) is 7.44. The fraction of sp³-hybridized carbons (Fsp3) is 0.692. The maximum absolute atomic E-state index is 14.0. The molecule has 0 radical (unpaired) electrons. The highest BCUT2D eigenvalue weighted by Crippen LogP contribution is 2.70. The van der Waals surface area contributed by atoms with Crippen molar-refractivity contribution in [2.75, 3.05) is 0 Å². The van der Waals surface area contributed by atoms with Crippen molar-refractivity contribution in [2.24, 2.45) is 28.6 Å². The topological polar surface area (TPSA) is 0 Å². The number of benzene rings is 1. The lowest BCUT2D eigenvalue weighted by Crippen LogP contribution is -2.52. The average molecular weight is 367 g/mol. The molecule has 146 valence electrons. The SMILES string of the molecule is C[C@]12CCCC=C1CCC1[C@@H]2CC[C@@]2(C)[C@H]1CC[C@]2(C)c1cccc(F)c1. The van der Waals surface area contributed by atoms with Gasteiger partial charge in [0.2, 0.25) is 0 Å². The smallest absolute Gasteiger partial charge is 0.123 e. The Bertz CT molecular complexity index is 778. The van der Waals surface area contributed by atoms with Gasteiger partial charge in [0.05, 0.1) is 0 Å². The highest BCUT2D eigenvalue weighted by molar-refractivity contribution is 5.33. The summed E-state index contributed by atoms with van der Waals surface area (Å²) < 4.78 is 14.0. The lowest BCUT2D eigenvalue weighted by atomic mass is 9.45. The number of hydrogen-bond donors (Lipinski definition) is 0. The van der Waals surface area contributed by atoms with E-state index in [0.717, 1.165) is 17.8 Å². The van der Waals surface area contributed by atoms with Crippen LogP contribution in [0.1, 0.15) is 84.1 Å². The first-order valence-electron chi connectivity index (χ1n) is 11.3. The minimum atomic E-state index is -0.0726. The number of halogens is 1. The summed E-state index contributed by atoms with van der Waals surface area (Å²) in [6, 6.07) is 7.52. The summed E-state index contributed by atoms with van der Waals surface area (Å²) >= 11 is 0. The van der Waals surface area contributed by atoms with Crippen molar-refractivity contribution < 1.29 is 4.39 Å². The Morgan fingerprint density at radius 1 is 0.963 bits per heavy atom. The Balaban J connectivity index is 1.51. The summed E-state index contributed by atoms with van der Waals surface area (Å²) in [4.78, 5) is 0. The molecule has 0 N–H and O–H groups in total. The van der Waals surface area contributed by atoms with Crippen LogP contribution in [0.3, 0.4) is 0 Å².